The first kappa shape index (κ1) is 9.69. The summed E-state index contributed by atoms with van der Waals surface area (Å²) in [5.41, 5.74) is 0. The normalized spacial score (nSPS) is 10.7. The molecule has 0 bridgehead atoms. The van der Waals surface area contributed by atoms with Crippen LogP contribution in [0.25, 0.3) is 0 Å². The Kier molecular flexibility index (Phi) is 7.33. The molecule has 0 saturated carbocycles. The first-order chi connectivity index (χ1) is 4.31. The fourth-order valence-corrected chi connectivity index (χ4v) is 1.17. The quantitative estimate of drug-likeness (QED) is 0.405. The Morgan fingerprint density at radius 1 is 1.33 bits per heavy atom. The molecule has 0 aliphatic heterocycles. The highest BCUT2D eigenvalue weighted by atomic mass is 127. The molecule has 0 heterocycles. The Labute approximate surface area is 72.0 Å². The molecule has 0 amide bonds. The molecule has 0 radical (unpaired) electrons. The zero-order chi connectivity index (χ0) is 7.11. The predicted octanol–water partition coefficient (Wildman–Crippen LogP) is 2.15. The second-order valence-corrected chi connectivity index (χ2v) is 3.37. The molecule has 0 aromatic rings. The molecule has 0 spiro atoms. The lowest BCUT2D eigenvalue weighted by Crippen LogP contribution is -2.18. The van der Waals surface area contributed by atoms with E-state index in [1.54, 1.807) is 0 Å². The van der Waals surface area contributed by atoms with Crippen LogP contribution in [0.2, 0.25) is 0 Å². The predicted molar refractivity (Wildman–Crippen MR) is 51.3 cm³/mol. The van der Waals surface area contributed by atoms with Gasteiger partial charge in [0.05, 0.1) is 0 Å². The third kappa shape index (κ3) is 6.58. The van der Waals surface area contributed by atoms with Gasteiger partial charge in [-0.05, 0) is 37.4 Å². The second-order valence-electron chi connectivity index (χ2n) is 2.29. The summed E-state index contributed by atoms with van der Waals surface area (Å²) in [7, 11) is 2.17. The zero-order valence-electron chi connectivity index (χ0n) is 6.36. The van der Waals surface area contributed by atoms with E-state index in [0.717, 1.165) is 0 Å². The summed E-state index contributed by atoms with van der Waals surface area (Å²) in [6.07, 6.45) is 2.72. The first-order valence-electron chi connectivity index (χ1n) is 3.55. The first-order valence-corrected chi connectivity index (χ1v) is 5.08. The van der Waals surface area contributed by atoms with E-state index in [-0.39, 0.29) is 0 Å². The molecule has 0 N–H and O–H groups in total. The van der Waals surface area contributed by atoms with Gasteiger partial charge in [0, 0.05) is 0 Å². The van der Waals surface area contributed by atoms with Gasteiger partial charge in [-0.3, -0.25) is 0 Å². The molecule has 0 aromatic carbocycles. The third-order valence-corrected chi connectivity index (χ3v) is 2.23. The fraction of sp³-hybridized carbons (Fsp3) is 1.00. The highest BCUT2D eigenvalue weighted by Crippen LogP contribution is 1.95. The molecule has 0 aromatic heterocycles. The molecule has 0 aliphatic rings. The lowest BCUT2D eigenvalue weighted by atomic mass is 10.3. The highest BCUT2D eigenvalue weighted by Gasteiger charge is 1.91. The van der Waals surface area contributed by atoms with E-state index in [0.29, 0.717) is 0 Å². The van der Waals surface area contributed by atoms with Crippen LogP contribution in [-0.2, 0) is 0 Å². The van der Waals surface area contributed by atoms with Crippen molar-refractivity contribution in [3.63, 3.8) is 0 Å². The number of alkyl halides is 1. The van der Waals surface area contributed by atoms with Gasteiger partial charge >= 0.3 is 0 Å². The van der Waals surface area contributed by atoms with Gasteiger partial charge in [-0.25, -0.2) is 0 Å². The van der Waals surface area contributed by atoms with Crippen molar-refractivity contribution in [2.75, 3.05) is 24.6 Å². The number of hydrogen-bond donors (Lipinski definition) is 0. The summed E-state index contributed by atoms with van der Waals surface area (Å²) in [6, 6.07) is 0. The zero-order valence-corrected chi connectivity index (χ0v) is 8.52. The molecule has 0 saturated heterocycles. The van der Waals surface area contributed by atoms with Crippen molar-refractivity contribution in [2.24, 2.45) is 0 Å². The molecule has 0 atom stereocenters. The van der Waals surface area contributed by atoms with E-state index in [2.05, 4.69) is 41.5 Å². The van der Waals surface area contributed by atoms with E-state index < -0.39 is 0 Å². The number of unbranched alkanes of at least 4 members (excludes halogenated alkanes) is 1. The molecule has 0 rings (SSSR count). The maximum absolute atomic E-state index is 2.43. The van der Waals surface area contributed by atoms with Crippen LogP contribution in [0.3, 0.4) is 0 Å². The second kappa shape index (κ2) is 6.81. The molecule has 9 heavy (non-hydrogen) atoms. The van der Waals surface area contributed by atoms with Crippen LogP contribution < -0.4 is 0 Å². The van der Waals surface area contributed by atoms with Crippen molar-refractivity contribution in [2.45, 2.75) is 19.8 Å². The summed E-state index contributed by atoms with van der Waals surface area (Å²) < 4.78 is 1.30. The van der Waals surface area contributed by atoms with E-state index >= 15 is 0 Å². The largest absolute Gasteiger partial charge is 0.307 e. The molecule has 0 aliphatic carbocycles. The summed E-state index contributed by atoms with van der Waals surface area (Å²) in [4.78, 5) is 2.35. The van der Waals surface area contributed by atoms with Crippen molar-refractivity contribution >= 4 is 22.6 Å². The van der Waals surface area contributed by atoms with Gasteiger partial charge in [0.15, 0.2) is 0 Å². The van der Waals surface area contributed by atoms with Gasteiger partial charge in [0.1, 0.15) is 0 Å². The monoisotopic (exact) mass is 241 g/mol. The molecular formula is C7H16IN. The minimum atomic E-state index is 1.18. The Morgan fingerprint density at radius 3 is 2.44 bits per heavy atom. The minimum Gasteiger partial charge on any atom is -0.307 e. The molecule has 1 nitrogen and oxygen atoms in total. The van der Waals surface area contributed by atoms with Gasteiger partial charge in [-0.15, -0.1) is 0 Å². The summed E-state index contributed by atoms with van der Waals surface area (Å²) >= 11 is 2.43. The molecular weight excluding hydrogens is 225 g/mol. The van der Waals surface area contributed by atoms with Gasteiger partial charge < -0.3 is 4.90 Å². The van der Waals surface area contributed by atoms with Crippen LogP contribution in [-0.4, -0.2) is 29.5 Å². The number of hydrogen-bond acceptors (Lipinski definition) is 1. The van der Waals surface area contributed by atoms with E-state index in [9.17, 15) is 0 Å². The van der Waals surface area contributed by atoms with Gasteiger partial charge in [0.25, 0.3) is 0 Å². The SMILES string of the molecule is CCN(C)CCCCI. The maximum atomic E-state index is 2.43. The fourth-order valence-electron chi connectivity index (χ4n) is 0.634. The van der Waals surface area contributed by atoms with Crippen LogP contribution in [0.4, 0.5) is 0 Å². The van der Waals surface area contributed by atoms with Crippen molar-refractivity contribution < 1.29 is 0 Å². The van der Waals surface area contributed by atoms with Crippen molar-refractivity contribution in [3.8, 4) is 0 Å². The highest BCUT2D eigenvalue weighted by molar-refractivity contribution is 14.1. The Hall–Kier alpha value is 0.690. The van der Waals surface area contributed by atoms with Crippen LogP contribution >= 0.6 is 22.6 Å². The van der Waals surface area contributed by atoms with E-state index in [4.69, 9.17) is 0 Å². The Morgan fingerprint density at radius 2 is 2.00 bits per heavy atom. The Bertz CT molecular complexity index is 56.9. The Balaban J connectivity index is 2.88. The number of rotatable bonds is 5. The standard InChI is InChI=1S/C7H16IN/c1-3-9(2)7-5-4-6-8/h3-7H2,1-2H3. The number of nitrogens with zero attached hydrogens (tertiary/aromatic N) is 1. The lowest BCUT2D eigenvalue weighted by molar-refractivity contribution is 0.346. The summed E-state index contributed by atoms with van der Waals surface area (Å²) in [5.74, 6) is 0. The summed E-state index contributed by atoms with van der Waals surface area (Å²) in [6.45, 7) is 4.64. The van der Waals surface area contributed by atoms with Gasteiger partial charge in [-0.1, -0.05) is 29.5 Å². The van der Waals surface area contributed by atoms with Crippen LogP contribution in [0, 0.1) is 0 Å². The van der Waals surface area contributed by atoms with Gasteiger partial charge in [0.2, 0.25) is 0 Å². The van der Waals surface area contributed by atoms with Crippen molar-refractivity contribution in [1.29, 1.82) is 0 Å². The van der Waals surface area contributed by atoms with E-state index in [1.807, 2.05) is 0 Å². The third-order valence-electron chi connectivity index (χ3n) is 1.46. The average molecular weight is 241 g/mol. The smallest absolute Gasteiger partial charge is 0.000425 e. The topological polar surface area (TPSA) is 3.24 Å². The van der Waals surface area contributed by atoms with Gasteiger partial charge in [-0.2, -0.15) is 0 Å². The molecule has 56 valence electrons. The van der Waals surface area contributed by atoms with Crippen molar-refractivity contribution in [3.05, 3.63) is 0 Å². The molecule has 0 fully saturated rings. The van der Waals surface area contributed by atoms with E-state index in [1.165, 1.54) is 30.4 Å². The molecule has 2 heteroatoms. The summed E-state index contributed by atoms with van der Waals surface area (Å²) in [5, 5.41) is 0. The van der Waals surface area contributed by atoms with Crippen LogP contribution in [0.15, 0.2) is 0 Å². The van der Waals surface area contributed by atoms with Crippen molar-refractivity contribution in [1.82, 2.24) is 4.90 Å². The minimum absolute atomic E-state index is 1.18. The number of halogens is 1. The molecule has 0 unspecified atom stereocenters. The maximum Gasteiger partial charge on any atom is -0.000425 e. The van der Waals surface area contributed by atoms with Crippen LogP contribution in [0.5, 0.6) is 0 Å². The average Bonchev–Trinajstić information content (AvgIpc) is 1.89. The lowest BCUT2D eigenvalue weighted by Gasteiger charge is -2.11. The van der Waals surface area contributed by atoms with Crippen LogP contribution in [0.1, 0.15) is 19.8 Å².